The molecule has 0 saturated carbocycles. The zero-order valence-corrected chi connectivity index (χ0v) is 39.1. The van der Waals surface area contributed by atoms with Gasteiger partial charge in [0.2, 0.25) is 5.52 Å². The van der Waals surface area contributed by atoms with Crippen molar-refractivity contribution < 1.29 is 49.6 Å². The van der Waals surface area contributed by atoms with Crippen LogP contribution in [0, 0.1) is 0 Å². The third-order valence-corrected chi connectivity index (χ3v) is 18.0. The van der Waals surface area contributed by atoms with Crippen molar-refractivity contribution in [2.24, 2.45) is 0 Å². The molecule has 12 nitrogen and oxygen atoms in total. The van der Waals surface area contributed by atoms with Crippen LogP contribution in [0.3, 0.4) is 0 Å². The van der Waals surface area contributed by atoms with Crippen molar-refractivity contribution in [3.05, 3.63) is 69.2 Å². The van der Waals surface area contributed by atoms with Gasteiger partial charge in [0.15, 0.2) is 6.54 Å². The van der Waals surface area contributed by atoms with Gasteiger partial charge in [-0.25, -0.2) is 9.59 Å². The van der Waals surface area contributed by atoms with Crippen LogP contribution in [0.15, 0.2) is 58.0 Å². The second kappa shape index (κ2) is 22.0. The number of aromatic nitrogens is 1. The molecule has 2 aromatic carbocycles. The molecule has 59 heavy (non-hydrogen) atoms. The van der Waals surface area contributed by atoms with Gasteiger partial charge in [-0.1, -0.05) is 30.0 Å². The molecule has 1 aromatic heterocycles. The van der Waals surface area contributed by atoms with Crippen LogP contribution in [0.4, 0.5) is 5.69 Å². The highest BCUT2D eigenvalue weighted by atomic mass is 32.2. The molecule has 0 aliphatic carbocycles. The Balaban J connectivity index is 1.30. The number of rotatable bonds is 15. The minimum absolute atomic E-state index is 0.139. The number of anilines is 1. The van der Waals surface area contributed by atoms with E-state index in [-0.39, 0.29) is 36.8 Å². The minimum Gasteiger partial charge on any atom is -0.448 e. The summed E-state index contributed by atoms with van der Waals surface area (Å²) in [7, 11) is -8.41. The van der Waals surface area contributed by atoms with E-state index in [9.17, 15) is 35.5 Å². The Morgan fingerprint density at radius 1 is 0.831 bits per heavy atom. The van der Waals surface area contributed by atoms with E-state index >= 15 is 0 Å². The Morgan fingerprint density at radius 3 is 2.07 bits per heavy atom. The van der Waals surface area contributed by atoms with Crippen molar-refractivity contribution in [1.29, 1.82) is 0 Å². The van der Waals surface area contributed by atoms with Gasteiger partial charge in [0, 0.05) is 42.8 Å². The molecule has 3 aliphatic rings. The topological polar surface area (TPSA) is 168 Å². The lowest BCUT2D eigenvalue weighted by Gasteiger charge is -2.22. The molecule has 0 bridgehead atoms. The molecule has 3 aromatic rings. The number of esters is 2. The third-order valence-electron chi connectivity index (χ3n) is 9.47. The van der Waals surface area contributed by atoms with Crippen LogP contribution in [-0.2, 0) is 36.3 Å². The van der Waals surface area contributed by atoms with Crippen LogP contribution in [-0.4, -0.2) is 101 Å². The van der Waals surface area contributed by atoms with Gasteiger partial charge in [-0.05, 0) is 102 Å². The number of hydrogen-bond acceptors (Lipinski definition) is 15. The maximum absolute atomic E-state index is 13.4. The molecule has 20 heteroatoms. The van der Waals surface area contributed by atoms with Crippen molar-refractivity contribution in [1.82, 2.24) is 0 Å². The fourth-order valence-electron chi connectivity index (χ4n) is 6.55. The predicted octanol–water partition coefficient (Wildman–Crippen LogP) is 8.48. The summed E-state index contributed by atoms with van der Waals surface area (Å²) in [5.41, 5.74) is 2.73. The van der Waals surface area contributed by atoms with E-state index in [4.69, 9.17) is 9.47 Å². The van der Waals surface area contributed by atoms with Gasteiger partial charge in [0.25, 0.3) is 25.2 Å². The molecule has 0 radical (unpaired) electrons. The number of carbonyl (C=O) groups is 2. The summed E-state index contributed by atoms with van der Waals surface area (Å²) >= 11 is 10.0. The molecule has 2 saturated heterocycles. The van der Waals surface area contributed by atoms with Crippen molar-refractivity contribution in [2.45, 2.75) is 74.2 Å². The number of aryl methyl sites for hydroxylation is 1. The monoisotopic (exact) mass is 961 g/mol. The minimum atomic E-state index is -4.20. The van der Waals surface area contributed by atoms with E-state index in [0.29, 0.717) is 17.5 Å². The summed E-state index contributed by atoms with van der Waals surface area (Å²) in [6.45, 7) is 2.52. The maximum atomic E-state index is 13.4. The number of benzene rings is 2. The number of carbonyl (C=O) groups excluding carboxylic acids is 2. The van der Waals surface area contributed by atoms with Crippen molar-refractivity contribution in [3.8, 4) is 0 Å². The lowest BCUT2D eigenvalue weighted by molar-refractivity contribution is -0.668. The number of thioether (sulfide) groups is 5. The molecule has 3 aliphatic heterocycles. The summed E-state index contributed by atoms with van der Waals surface area (Å²) < 4.78 is 80.6. The van der Waals surface area contributed by atoms with Crippen LogP contribution in [0.25, 0.3) is 16.3 Å². The molecule has 2 unspecified atom stereocenters. The van der Waals surface area contributed by atoms with Crippen LogP contribution >= 0.6 is 70.1 Å². The van der Waals surface area contributed by atoms with E-state index in [1.165, 1.54) is 23.1 Å². The summed E-state index contributed by atoms with van der Waals surface area (Å²) in [6.07, 6.45) is 8.58. The van der Waals surface area contributed by atoms with Gasteiger partial charge in [0.05, 0.1) is 33.3 Å². The average molecular weight is 962 g/mol. The Bertz CT molecular complexity index is 2250. The molecule has 322 valence electrons. The maximum Gasteiger partial charge on any atom is 0.339 e. The van der Waals surface area contributed by atoms with E-state index in [2.05, 4.69) is 0 Å². The zero-order valence-electron chi connectivity index (χ0n) is 32.6. The molecule has 4 heterocycles. The summed E-state index contributed by atoms with van der Waals surface area (Å²) in [6, 6.07) is 10.8. The molecular formula is C39H49N2O10S8+. The highest BCUT2D eigenvalue weighted by Gasteiger charge is 2.29. The normalized spacial score (nSPS) is 20.4. The summed E-state index contributed by atoms with van der Waals surface area (Å²) in [5, 5.41) is 1.60. The Hall–Kier alpha value is -1.88. The number of hydrogen-bond donors (Lipinski definition) is 2. The average Bonchev–Trinajstić information content (AvgIpc) is 3.68. The predicted molar refractivity (Wildman–Crippen MR) is 247 cm³/mol. The molecular weight excluding hydrogens is 913 g/mol. The van der Waals surface area contributed by atoms with Gasteiger partial charge >= 0.3 is 11.9 Å². The lowest BCUT2D eigenvalue weighted by Crippen LogP contribution is -2.36. The smallest absolute Gasteiger partial charge is 0.339 e. The van der Waals surface area contributed by atoms with E-state index in [1.807, 2.05) is 64.2 Å². The quantitative estimate of drug-likeness (QED) is 0.0845. The first-order valence-electron chi connectivity index (χ1n) is 19.5. The Labute approximate surface area is 372 Å². The second-order valence-electron chi connectivity index (χ2n) is 14.0. The lowest BCUT2D eigenvalue weighted by atomic mass is 10.1. The van der Waals surface area contributed by atoms with Crippen LogP contribution in [0.2, 0.25) is 0 Å². The zero-order chi connectivity index (χ0) is 42.0. The number of thiazole rings is 1. The fraction of sp³-hybridized carbons (Fsp3) is 0.513. The highest BCUT2D eigenvalue weighted by molar-refractivity contribution is 8.03. The molecule has 2 fully saturated rings. The van der Waals surface area contributed by atoms with Gasteiger partial charge in [0.1, 0.15) is 15.6 Å². The van der Waals surface area contributed by atoms with E-state index < -0.39 is 43.7 Å². The van der Waals surface area contributed by atoms with E-state index in [1.54, 1.807) is 47.8 Å². The molecule has 2 atom stereocenters. The molecule has 0 amide bonds. The van der Waals surface area contributed by atoms with Crippen molar-refractivity contribution in [3.63, 3.8) is 0 Å². The van der Waals surface area contributed by atoms with Gasteiger partial charge in [-0.15, -0.1) is 23.5 Å². The van der Waals surface area contributed by atoms with Gasteiger partial charge < -0.3 is 14.4 Å². The Kier molecular flexibility index (Phi) is 17.3. The first kappa shape index (κ1) is 46.6. The second-order valence-corrected chi connectivity index (χ2v) is 24.2. The van der Waals surface area contributed by atoms with Gasteiger partial charge in [-0.2, -0.15) is 44.9 Å². The van der Waals surface area contributed by atoms with Crippen LogP contribution < -0.4 is 9.47 Å². The largest absolute Gasteiger partial charge is 0.448 e. The fourth-order valence-corrected chi connectivity index (χ4v) is 14.4. The summed E-state index contributed by atoms with van der Waals surface area (Å²) in [4.78, 5) is 29.6. The molecule has 6 rings (SSSR count). The standard InChI is InChI=1S/C39H48N2O10S8/c1-2-27(23-34-40(13-3-21-58(44,45)46)30-25-28(7-9-32(30)56-34)38(42)50-36-11-19-52-15-5-17-54-36)24-35-41(14-4-22-59(47,48)49)31-26-29(8-10-33(31)57-35)39(43)51-37-12-20-53-16-6-18-55-37/h7-10,23-26,36-37H,2-6,11-22H2,1H3,(H-,44,45,46,47,48,49)/p+1. The van der Waals surface area contributed by atoms with Crippen molar-refractivity contribution in [2.75, 3.05) is 57.5 Å². The van der Waals surface area contributed by atoms with E-state index in [0.717, 1.165) is 96.6 Å². The first-order valence-corrected chi connectivity index (χ1v) is 28.7. The highest BCUT2D eigenvalue weighted by Crippen LogP contribution is 2.47. The third kappa shape index (κ3) is 14.1. The first-order chi connectivity index (χ1) is 28.3. The Morgan fingerprint density at radius 2 is 1.44 bits per heavy atom. The summed E-state index contributed by atoms with van der Waals surface area (Å²) in [5.74, 6) is 4.24. The number of nitrogens with zero attached hydrogens (tertiary/aromatic N) is 2. The van der Waals surface area contributed by atoms with Crippen LogP contribution in [0.1, 0.15) is 77.6 Å². The number of fused-ring (bicyclic) bond motifs is 2. The molecule has 2 N–H and O–H groups in total. The molecule has 0 spiro atoms. The number of allylic oxidation sites excluding steroid dienone is 2. The van der Waals surface area contributed by atoms with Crippen LogP contribution in [0.5, 0.6) is 0 Å². The SMILES string of the molecule is CCC(=Cc1sc2ccc(C(=O)OC3CCSCCCS3)cc2[n+]1CCCS(=O)(=O)O)C=C1Sc2ccc(C(=O)OC3CCSCCCS3)cc2N1CCCS(=O)(=O)O. The number of ether oxygens (including phenoxy) is 2. The van der Waals surface area contributed by atoms with Crippen molar-refractivity contribution >= 4 is 124 Å². The van der Waals surface area contributed by atoms with Gasteiger partial charge in [-0.3, -0.25) is 9.11 Å².